The summed E-state index contributed by atoms with van der Waals surface area (Å²) in [5.74, 6) is -0.296. The lowest BCUT2D eigenvalue weighted by atomic mass is 9.98. The van der Waals surface area contributed by atoms with Gasteiger partial charge in [0.05, 0.1) is 10.5 Å². The van der Waals surface area contributed by atoms with E-state index in [4.69, 9.17) is 4.74 Å². The first kappa shape index (κ1) is 18.3. The molecule has 2 aromatic carbocycles. The van der Waals surface area contributed by atoms with Crippen LogP contribution in [0.3, 0.4) is 0 Å². The number of nitro benzene ring substituents is 1. The molecular weight excluding hydrogens is 352 g/mol. The summed E-state index contributed by atoms with van der Waals surface area (Å²) in [5, 5.41) is 11.0. The number of para-hydroxylation sites is 1. The van der Waals surface area contributed by atoms with E-state index in [2.05, 4.69) is 4.72 Å². The third kappa shape index (κ3) is 4.76. The highest BCUT2D eigenvalue weighted by Crippen LogP contribution is 2.29. The van der Waals surface area contributed by atoms with Crippen molar-refractivity contribution in [2.45, 2.75) is 43.1 Å². The minimum Gasteiger partial charge on any atom is -0.459 e. The molecule has 0 radical (unpaired) electrons. The summed E-state index contributed by atoms with van der Waals surface area (Å²) in [5.41, 5.74) is 1.32. The molecule has 0 unspecified atom stereocenters. The molecule has 1 fully saturated rings. The Morgan fingerprint density at radius 3 is 2.46 bits per heavy atom. The van der Waals surface area contributed by atoms with Gasteiger partial charge in [0.1, 0.15) is 11.0 Å². The third-order valence-corrected chi connectivity index (χ3v) is 5.19. The van der Waals surface area contributed by atoms with E-state index in [-0.39, 0.29) is 17.8 Å². The van der Waals surface area contributed by atoms with Gasteiger partial charge in [-0.1, -0.05) is 18.6 Å². The third-order valence-electron chi connectivity index (χ3n) is 4.29. The molecule has 0 spiro atoms. The monoisotopic (exact) mass is 372 g/mol. The second-order valence-electron chi connectivity index (χ2n) is 6.17. The number of nitro groups is 1. The first-order valence-corrected chi connectivity index (χ1v) is 9.42. The maximum absolute atomic E-state index is 12.2. The maximum Gasteiger partial charge on any atom is 0.338 e. The van der Waals surface area contributed by atoms with Crippen molar-refractivity contribution in [1.29, 1.82) is 0 Å². The molecule has 1 aliphatic rings. The molecule has 26 heavy (non-hydrogen) atoms. The van der Waals surface area contributed by atoms with E-state index in [1.54, 1.807) is 42.5 Å². The molecule has 0 saturated heterocycles. The summed E-state index contributed by atoms with van der Waals surface area (Å²) in [6.07, 6.45) is 5.36. The van der Waals surface area contributed by atoms with Crippen molar-refractivity contribution in [3.63, 3.8) is 0 Å². The van der Waals surface area contributed by atoms with Crippen LogP contribution < -0.4 is 4.72 Å². The Morgan fingerprint density at radius 1 is 1.08 bits per heavy atom. The van der Waals surface area contributed by atoms with Gasteiger partial charge in [-0.3, -0.25) is 10.1 Å². The zero-order valence-corrected chi connectivity index (χ0v) is 15.0. The Morgan fingerprint density at radius 2 is 1.77 bits per heavy atom. The van der Waals surface area contributed by atoms with E-state index in [1.807, 2.05) is 0 Å². The van der Waals surface area contributed by atoms with Gasteiger partial charge in [0.15, 0.2) is 0 Å². The van der Waals surface area contributed by atoms with Crippen molar-refractivity contribution >= 4 is 29.3 Å². The number of nitrogens with one attached hydrogen (secondary N) is 1. The first-order chi connectivity index (χ1) is 12.6. The Kier molecular flexibility index (Phi) is 6.12. The van der Waals surface area contributed by atoms with E-state index in [0.29, 0.717) is 10.5 Å². The normalized spacial score (nSPS) is 14.6. The second-order valence-corrected chi connectivity index (χ2v) is 7.02. The van der Waals surface area contributed by atoms with Crippen molar-refractivity contribution in [3.05, 3.63) is 64.2 Å². The summed E-state index contributed by atoms with van der Waals surface area (Å²) in [6.45, 7) is 0. The van der Waals surface area contributed by atoms with Crippen LogP contribution >= 0.6 is 11.9 Å². The molecule has 0 bridgehead atoms. The Bertz CT molecular complexity index is 773. The molecule has 6 nitrogen and oxygen atoms in total. The maximum atomic E-state index is 12.2. The minimum atomic E-state index is -0.408. The molecular formula is C19H20N2O4S. The first-order valence-electron chi connectivity index (χ1n) is 8.61. The molecule has 1 N–H and O–H groups in total. The number of ether oxygens (including phenoxy) is 1. The summed E-state index contributed by atoms with van der Waals surface area (Å²) >= 11 is 1.16. The van der Waals surface area contributed by atoms with Crippen molar-refractivity contribution in [2.75, 3.05) is 4.72 Å². The van der Waals surface area contributed by atoms with E-state index in [1.165, 1.54) is 12.5 Å². The van der Waals surface area contributed by atoms with Crippen LogP contribution in [0.25, 0.3) is 0 Å². The van der Waals surface area contributed by atoms with Crippen LogP contribution in [0.1, 0.15) is 42.5 Å². The fourth-order valence-corrected chi connectivity index (χ4v) is 3.64. The number of anilines is 1. The minimum absolute atomic E-state index is 0.0308. The summed E-state index contributed by atoms with van der Waals surface area (Å²) in [7, 11) is 0. The van der Waals surface area contributed by atoms with Gasteiger partial charge in [-0.25, -0.2) is 4.79 Å². The van der Waals surface area contributed by atoms with Crippen molar-refractivity contribution in [2.24, 2.45) is 0 Å². The molecule has 2 aromatic rings. The summed E-state index contributed by atoms with van der Waals surface area (Å²) in [6, 6.07) is 13.5. The number of hydrogen-bond acceptors (Lipinski definition) is 6. The Hall–Kier alpha value is -2.54. The van der Waals surface area contributed by atoms with E-state index in [0.717, 1.165) is 43.3 Å². The SMILES string of the molecule is O=C(OC1CCCCC1)c1ccc(NSc2ccccc2[N+](=O)[O-])cc1. The fourth-order valence-electron chi connectivity index (χ4n) is 2.88. The van der Waals surface area contributed by atoms with Crippen molar-refractivity contribution in [1.82, 2.24) is 0 Å². The van der Waals surface area contributed by atoms with Crippen LogP contribution in [-0.4, -0.2) is 17.0 Å². The van der Waals surface area contributed by atoms with Crippen LogP contribution in [0, 0.1) is 10.1 Å². The van der Waals surface area contributed by atoms with Crippen LogP contribution in [0.4, 0.5) is 11.4 Å². The topological polar surface area (TPSA) is 81.5 Å². The van der Waals surface area contributed by atoms with Gasteiger partial charge in [-0.05, 0) is 68.0 Å². The molecule has 0 aromatic heterocycles. The highest BCUT2D eigenvalue weighted by Gasteiger charge is 2.18. The van der Waals surface area contributed by atoms with E-state index < -0.39 is 4.92 Å². The number of benzene rings is 2. The average Bonchev–Trinajstić information content (AvgIpc) is 2.67. The number of nitrogens with zero attached hydrogens (tertiary/aromatic N) is 1. The highest BCUT2D eigenvalue weighted by molar-refractivity contribution is 8.00. The lowest BCUT2D eigenvalue weighted by molar-refractivity contribution is -0.387. The van der Waals surface area contributed by atoms with Gasteiger partial charge in [-0.15, -0.1) is 0 Å². The standard InChI is InChI=1S/C19H20N2O4S/c22-19(25-16-6-2-1-3-7-16)14-10-12-15(13-11-14)20-26-18-9-5-4-8-17(18)21(23)24/h4-5,8-13,16,20H,1-3,6-7H2. The fraction of sp³-hybridized carbons (Fsp3) is 0.316. The van der Waals surface area contributed by atoms with Gasteiger partial charge in [0, 0.05) is 11.8 Å². The number of carbonyl (C=O) groups excluding carboxylic acids is 1. The highest BCUT2D eigenvalue weighted by atomic mass is 32.2. The van der Waals surface area contributed by atoms with E-state index >= 15 is 0 Å². The molecule has 3 rings (SSSR count). The smallest absolute Gasteiger partial charge is 0.338 e. The van der Waals surface area contributed by atoms with Gasteiger partial charge < -0.3 is 9.46 Å². The van der Waals surface area contributed by atoms with Gasteiger partial charge in [0.2, 0.25) is 0 Å². The lowest BCUT2D eigenvalue weighted by Crippen LogP contribution is -2.20. The molecule has 0 amide bonds. The summed E-state index contributed by atoms with van der Waals surface area (Å²) in [4.78, 5) is 23.3. The average molecular weight is 372 g/mol. The number of rotatable bonds is 6. The molecule has 1 aliphatic carbocycles. The number of hydrogen-bond donors (Lipinski definition) is 1. The molecule has 1 saturated carbocycles. The van der Waals surface area contributed by atoms with Crippen LogP contribution in [0.2, 0.25) is 0 Å². The molecule has 0 aliphatic heterocycles. The second kappa shape index (κ2) is 8.71. The number of esters is 1. The predicted molar refractivity (Wildman–Crippen MR) is 101 cm³/mol. The van der Waals surface area contributed by atoms with Gasteiger partial charge >= 0.3 is 5.97 Å². The zero-order valence-electron chi connectivity index (χ0n) is 14.2. The number of carbonyl (C=O) groups is 1. The van der Waals surface area contributed by atoms with Crippen LogP contribution in [0.5, 0.6) is 0 Å². The largest absolute Gasteiger partial charge is 0.459 e. The van der Waals surface area contributed by atoms with Crippen molar-refractivity contribution < 1.29 is 14.5 Å². The van der Waals surface area contributed by atoms with Crippen molar-refractivity contribution in [3.8, 4) is 0 Å². The van der Waals surface area contributed by atoms with Crippen LogP contribution in [-0.2, 0) is 4.74 Å². The molecule has 0 heterocycles. The Labute approximate surface area is 156 Å². The zero-order chi connectivity index (χ0) is 18.4. The van der Waals surface area contributed by atoms with Gasteiger partial charge in [-0.2, -0.15) is 0 Å². The molecule has 7 heteroatoms. The Balaban J connectivity index is 1.57. The molecule has 136 valence electrons. The van der Waals surface area contributed by atoms with Gasteiger partial charge in [0.25, 0.3) is 5.69 Å². The molecule has 0 atom stereocenters. The predicted octanol–water partition coefficient (Wildman–Crippen LogP) is 5.20. The van der Waals surface area contributed by atoms with E-state index in [9.17, 15) is 14.9 Å². The lowest BCUT2D eigenvalue weighted by Gasteiger charge is -2.21. The van der Waals surface area contributed by atoms with Crippen LogP contribution in [0.15, 0.2) is 53.4 Å². The quantitative estimate of drug-likeness (QED) is 0.325. The summed E-state index contributed by atoms with van der Waals surface area (Å²) < 4.78 is 8.61.